The van der Waals surface area contributed by atoms with Gasteiger partial charge in [-0.1, -0.05) is 30.3 Å². The van der Waals surface area contributed by atoms with E-state index in [4.69, 9.17) is 4.74 Å². The number of carboxylic acid groups (broad SMARTS) is 1. The Morgan fingerprint density at radius 2 is 1.63 bits per heavy atom. The highest BCUT2D eigenvalue weighted by molar-refractivity contribution is 6.33. The van der Waals surface area contributed by atoms with Gasteiger partial charge in [-0.05, 0) is 35.4 Å². The van der Waals surface area contributed by atoms with Crippen LogP contribution in [0.4, 0.5) is 5.69 Å². The molecule has 0 unspecified atom stereocenters. The first-order valence-electron chi connectivity index (χ1n) is 9.84. The molecule has 0 saturated carbocycles. The molecule has 0 atom stereocenters. The van der Waals surface area contributed by atoms with Gasteiger partial charge in [0.05, 0.1) is 13.2 Å². The predicted octanol–water partition coefficient (Wildman–Crippen LogP) is 1.19. The first kappa shape index (κ1) is 19.8. The second-order valence-corrected chi connectivity index (χ2v) is 7.18. The summed E-state index contributed by atoms with van der Waals surface area (Å²) in [6.07, 6.45) is 1.34. The molecule has 0 spiro atoms. The molecule has 2 aromatic rings. The lowest BCUT2D eigenvalue weighted by Crippen LogP contribution is -2.43. The summed E-state index contributed by atoms with van der Waals surface area (Å²) in [7, 11) is 0. The van der Waals surface area contributed by atoms with Crippen LogP contribution in [-0.2, 0) is 14.3 Å². The average Bonchev–Trinajstić information content (AvgIpc) is 2.77. The summed E-state index contributed by atoms with van der Waals surface area (Å²) in [5.74, 6) is -2.30. The lowest BCUT2D eigenvalue weighted by Gasteiger charge is -2.29. The van der Waals surface area contributed by atoms with Gasteiger partial charge in [0.15, 0.2) is 0 Å². The Bertz CT molecular complexity index is 1010. The molecule has 4 rings (SSSR count). The van der Waals surface area contributed by atoms with Crippen LogP contribution in [0.15, 0.2) is 48.5 Å². The van der Waals surface area contributed by atoms with Crippen LogP contribution in [0.3, 0.4) is 0 Å². The molecule has 0 aliphatic carbocycles. The molecule has 7 nitrogen and oxygen atoms in total. The normalized spacial score (nSPS) is 17.9. The predicted molar refractivity (Wildman–Crippen MR) is 109 cm³/mol. The first-order valence-corrected chi connectivity index (χ1v) is 9.84. The molecule has 7 heteroatoms. The minimum absolute atomic E-state index is 0.221. The van der Waals surface area contributed by atoms with Gasteiger partial charge in [-0.25, -0.2) is 0 Å². The number of hydrogen-bond acceptors (Lipinski definition) is 6. The quantitative estimate of drug-likeness (QED) is 0.548. The SMILES string of the molecule is O=C([O-])CCN1C(=O)/C(=C\c2ccc(N3CCOCC3)cc2)c2ccccc2C1=O. The van der Waals surface area contributed by atoms with E-state index in [-0.39, 0.29) is 6.54 Å². The second-order valence-electron chi connectivity index (χ2n) is 7.18. The number of amides is 2. The van der Waals surface area contributed by atoms with E-state index >= 15 is 0 Å². The molecule has 30 heavy (non-hydrogen) atoms. The van der Waals surface area contributed by atoms with Crippen molar-refractivity contribution >= 4 is 35.1 Å². The maximum absolute atomic E-state index is 13.0. The van der Waals surface area contributed by atoms with E-state index in [1.54, 1.807) is 30.3 Å². The van der Waals surface area contributed by atoms with E-state index in [1.807, 2.05) is 24.3 Å². The number of carbonyl (C=O) groups excluding carboxylic acids is 3. The number of nitrogens with zero attached hydrogens (tertiary/aromatic N) is 2. The van der Waals surface area contributed by atoms with Gasteiger partial charge >= 0.3 is 0 Å². The minimum atomic E-state index is -1.31. The number of ether oxygens (including phenoxy) is 1. The van der Waals surface area contributed by atoms with Crippen molar-refractivity contribution < 1.29 is 24.2 Å². The van der Waals surface area contributed by atoms with Crippen LogP contribution in [0, 0.1) is 0 Å². The average molecular weight is 405 g/mol. The first-order chi connectivity index (χ1) is 14.5. The molecule has 2 aromatic carbocycles. The number of rotatable bonds is 5. The lowest BCUT2D eigenvalue weighted by atomic mass is 9.92. The Hall–Kier alpha value is -3.45. The van der Waals surface area contributed by atoms with Gasteiger partial charge in [-0.3, -0.25) is 14.5 Å². The maximum atomic E-state index is 13.0. The molecule has 2 aliphatic heterocycles. The van der Waals surface area contributed by atoms with Crippen molar-refractivity contribution in [3.63, 3.8) is 0 Å². The van der Waals surface area contributed by atoms with E-state index in [2.05, 4.69) is 4.90 Å². The van der Waals surface area contributed by atoms with Crippen LogP contribution >= 0.6 is 0 Å². The third-order valence-electron chi connectivity index (χ3n) is 5.29. The molecule has 1 fully saturated rings. The molecule has 0 radical (unpaired) electrons. The summed E-state index contributed by atoms with van der Waals surface area (Å²) in [5, 5.41) is 10.8. The maximum Gasteiger partial charge on any atom is 0.261 e. The van der Waals surface area contributed by atoms with E-state index in [1.165, 1.54) is 0 Å². The summed E-state index contributed by atoms with van der Waals surface area (Å²) >= 11 is 0. The summed E-state index contributed by atoms with van der Waals surface area (Å²) in [4.78, 5) is 39.8. The molecule has 154 valence electrons. The fourth-order valence-corrected chi connectivity index (χ4v) is 3.72. The monoisotopic (exact) mass is 405 g/mol. The largest absolute Gasteiger partial charge is 0.550 e. The molecule has 2 heterocycles. The zero-order valence-corrected chi connectivity index (χ0v) is 16.4. The van der Waals surface area contributed by atoms with E-state index in [0.717, 1.165) is 29.2 Å². The van der Waals surface area contributed by atoms with Crippen molar-refractivity contribution in [3.05, 3.63) is 65.2 Å². The van der Waals surface area contributed by atoms with E-state index in [9.17, 15) is 19.5 Å². The van der Waals surface area contributed by atoms with Crippen molar-refractivity contribution in [2.45, 2.75) is 6.42 Å². The lowest BCUT2D eigenvalue weighted by molar-refractivity contribution is -0.305. The number of benzene rings is 2. The minimum Gasteiger partial charge on any atom is -0.550 e. The molecule has 0 aromatic heterocycles. The van der Waals surface area contributed by atoms with Crippen molar-refractivity contribution in [1.82, 2.24) is 4.90 Å². The van der Waals surface area contributed by atoms with Crippen LogP contribution in [-0.4, -0.2) is 55.5 Å². The van der Waals surface area contributed by atoms with Gasteiger partial charge in [0, 0.05) is 48.8 Å². The zero-order valence-electron chi connectivity index (χ0n) is 16.4. The van der Waals surface area contributed by atoms with Crippen LogP contribution in [0.2, 0.25) is 0 Å². The number of hydrogen-bond donors (Lipinski definition) is 0. The van der Waals surface area contributed by atoms with Crippen molar-refractivity contribution in [2.24, 2.45) is 0 Å². The standard InChI is InChI=1S/C23H22N2O5/c26-21(27)9-10-25-22(28)19-4-2-1-3-18(19)20(23(25)29)15-16-5-7-17(8-6-16)24-11-13-30-14-12-24/h1-8,15H,9-14H2,(H,26,27)/p-1/b20-15-. The topological polar surface area (TPSA) is 90.0 Å². The summed E-state index contributed by atoms with van der Waals surface area (Å²) in [5.41, 5.74) is 3.20. The number of carbonyl (C=O) groups is 3. The van der Waals surface area contributed by atoms with E-state index < -0.39 is 24.2 Å². The molecule has 0 N–H and O–H groups in total. The van der Waals surface area contributed by atoms with Crippen molar-refractivity contribution in [2.75, 3.05) is 37.7 Å². The third kappa shape index (κ3) is 3.97. The van der Waals surface area contributed by atoms with E-state index in [0.29, 0.717) is 29.9 Å². The van der Waals surface area contributed by atoms with Gasteiger partial charge in [0.1, 0.15) is 0 Å². The molecule has 0 bridgehead atoms. The highest BCUT2D eigenvalue weighted by atomic mass is 16.5. The Morgan fingerprint density at radius 3 is 2.30 bits per heavy atom. The number of morpholine rings is 1. The van der Waals surface area contributed by atoms with Gasteiger partial charge < -0.3 is 19.5 Å². The van der Waals surface area contributed by atoms with Gasteiger partial charge in [-0.2, -0.15) is 0 Å². The number of aliphatic carboxylic acids is 1. The van der Waals surface area contributed by atoms with Crippen molar-refractivity contribution in [1.29, 1.82) is 0 Å². The number of fused-ring (bicyclic) bond motifs is 1. The zero-order chi connectivity index (χ0) is 21.1. The second kappa shape index (κ2) is 8.51. The molecule has 2 amide bonds. The van der Waals surface area contributed by atoms with Gasteiger partial charge in [0.2, 0.25) is 0 Å². The number of carboxylic acids is 1. The Morgan fingerprint density at radius 1 is 0.967 bits per heavy atom. The molecular formula is C23H21N2O5-. The van der Waals surface area contributed by atoms with Gasteiger partial charge in [0.25, 0.3) is 11.8 Å². The molecule has 1 saturated heterocycles. The fourth-order valence-electron chi connectivity index (χ4n) is 3.72. The number of anilines is 1. The number of imide groups is 1. The van der Waals surface area contributed by atoms with Crippen LogP contribution < -0.4 is 10.0 Å². The summed E-state index contributed by atoms with van der Waals surface area (Å²) in [6, 6.07) is 14.7. The Kier molecular flexibility index (Phi) is 5.63. The smallest absolute Gasteiger partial charge is 0.261 e. The highest BCUT2D eigenvalue weighted by Crippen LogP contribution is 2.31. The Labute approximate surface area is 174 Å². The van der Waals surface area contributed by atoms with Gasteiger partial charge in [-0.15, -0.1) is 0 Å². The molecular weight excluding hydrogens is 384 g/mol. The van der Waals surface area contributed by atoms with Crippen molar-refractivity contribution in [3.8, 4) is 0 Å². The summed E-state index contributed by atoms with van der Waals surface area (Å²) < 4.78 is 5.38. The third-order valence-corrected chi connectivity index (χ3v) is 5.29. The molecule has 2 aliphatic rings. The van der Waals surface area contributed by atoms with Crippen LogP contribution in [0.1, 0.15) is 27.9 Å². The van der Waals surface area contributed by atoms with Crippen LogP contribution in [0.25, 0.3) is 11.6 Å². The Balaban J connectivity index is 1.66. The fraction of sp³-hybridized carbons (Fsp3) is 0.261. The highest BCUT2D eigenvalue weighted by Gasteiger charge is 2.34. The summed E-state index contributed by atoms with van der Waals surface area (Å²) in [6.45, 7) is 2.85. The van der Waals surface area contributed by atoms with Crippen LogP contribution in [0.5, 0.6) is 0 Å².